The third-order valence-electron chi connectivity index (χ3n) is 4.67. The van der Waals surface area contributed by atoms with Crippen LogP contribution in [0.15, 0.2) is 42.5 Å². The molecule has 0 aliphatic heterocycles. The lowest BCUT2D eigenvalue weighted by Gasteiger charge is -2.24. The molecule has 2 aromatic carbocycles. The lowest BCUT2D eigenvalue weighted by Crippen LogP contribution is -2.38. The Morgan fingerprint density at radius 2 is 1.90 bits per heavy atom. The Bertz CT molecular complexity index is 1040. The van der Waals surface area contributed by atoms with Crippen molar-refractivity contribution in [1.82, 2.24) is 9.88 Å². The van der Waals surface area contributed by atoms with Gasteiger partial charge in [-0.05, 0) is 31.3 Å². The molecule has 0 aliphatic rings. The minimum absolute atomic E-state index is 0.158. The zero-order valence-corrected chi connectivity index (χ0v) is 17.0. The van der Waals surface area contributed by atoms with Crippen molar-refractivity contribution in [2.75, 3.05) is 31.1 Å². The molecule has 1 aromatic heterocycles. The Kier molecular flexibility index (Phi) is 6.50. The first kappa shape index (κ1) is 20.8. The van der Waals surface area contributed by atoms with Crippen LogP contribution in [0.4, 0.5) is 15.2 Å². The summed E-state index contributed by atoms with van der Waals surface area (Å²) < 4.78 is 14.7. The van der Waals surface area contributed by atoms with Crippen molar-refractivity contribution < 1.29 is 14.1 Å². The summed E-state index contributed by atoms with van der Waals surface area (Å²) in [6.45, 7) is 6.65. The number of carbonyl (C=O) groups is 1. The Morgan fingerprint density at radius 1 is 1.17 bits per heavy atom. The van der Waals surface area contributed by atoms with Crippen LogP contribution in [0.1, 0.15) is 24.2 Å². The smallest absolute Gasteiger partial charge is 0.270 e. The lowest BCUT2D eigenvalue weighted by molar-refractivity contribution is -0.384. The summed E-state index contributed by atoms with van der Waals surface area (Å²) in [6.07, 6.45) is 0. The highest BCUT2D eigenvalue weighted by atomic mass is 32.1. The fourth-order valence-corrected chi connectivity index (χ4v) is 4.00. The number of nitro groups is 1. The van der Waals surface area contributed by atoms with Gasteiger partial charge in [-0.2, -0.15) is 0 Å². The highest BCUT2D eigenvalue weighted by Crippen LogP contribution is 2.31. The number of aromatic nitrogens is 1. The number of hydrogen-bond acceptors (Lipinski definition) is 6. The molecule has 0 radical (unpaired) electrons. The molecule has 1 heterocycles. The van der Waals surface area contributed by atoms with E-state index in [4.69, 9.17) is 0 Å². The highest BCUT2D eigenvalue weighted by molar-refractivity contribution is 7.22. The Balaban J connectivity index is 1.99. The van der Waals surface area contributed by atoms with E-state index >= 15 is 0 Å². The van der Waals surface area contributed by atoms with Gasteiger partial charge in [0.05, 0.1) is 9.62 Å². The molecule has 0 saturated carbocycles. The number of anilines is 1. The van der Waals surface area contributed by atoms with Gasteiger partial charge in [-0.3, -0.25) is 19.8 Å². The number of para-hydroxylation sites is 1. The third-order valence-corrected chi connectivity index (χ3v) is 5.72. The van der Waals surface area contributed by atoms with Crippen molar-refractivity contribution >= 4 is 38.3 Å². The number of carbonyl (C=O) groups excluding carboxylic acids is 1. The van der Waals surface area contributed by atoms with Crippen LogP contribution in [-0.4, -0.2) is 46.9 Å². The maximum absolute atomic E-state index is 14.1. The molecule has 29 heavy (non-hydrogen) atoms. The van der Waals surface area contributed by atoms with Gasteiger partial charge in [0.25, 0.3) is 11.6 Å². The summed E-state index contributed by atoms with van der Waals surface area (Å²) in [7, 11) is 0. The van der Waals surface area contributed by atoms with E-state index in [9.17, 15) is 19.3 Å². The molecule has 152 valence electrons. The number of amides is 1. The first-order chi connectivity index (χ1) is 13.9. The topological polar surface area (TPSA) is 79.6 Å². The largest absolute Gasteiger partial charge is 0.302 e. The zero-order valence-electron chi connectivity index (χ0n) is 16.2. The zero-order chi connectivity index (χ0) is 21.0. The number of rotatable bonds is 8. The molecule has 0 fully saturated rings. The van der Waals surface area contributed by atoms with Crippen LogP contribution < -0.4 is 4.90 Å². The normalized spacial score (nSPS) is 11.2. The predicted molar refractivity (Wildman–Crippen MR) is 112 cm³/mol. The molecule has 9 heteroatoms. The van der Waals surface area contributed by atoms with E-state index in [1.54, 1.807) is 12.1 Å². The minimum Gasteiger partial charge on any atom is -0.302 e. The number of hydrogen-bond donors (Lipinski definition) is 0. The fourth-order valence-electron chi connectivity index (χ4n) is 2.99. The van der Waals surface area contributed by atoms with E-state index in [0.717, 1.165) is 13.1 Å². The first-order valence-corrected chi connectivity index (χ1v) is 10.1. The molecule has 1 amide bonds. The molecule has 0 bridgehead atoms. The fraction of sp³-hybridized carbons (Fsp3) is 0.300. The Hall–Kier alpha value is -2.91. The van der Waals surface area contributed by atoms with Gasteiger partial charge >= 0.3 is 0 Å². The molecule has 0 N–H and O–H groups in total. The van der Waals surface area contributed by atoms with E-state index in [1.807, 2.05) is 13.8 Å². The summed E-state index contributed by atoms with van der Waals surface area (Å²) in [5.74, 6) is -0.850. The number of likely N-dealkylation sites (N-methyl/N-ethyl adjacent to an activating group) is 1. The number of nitro benzene ring substituents is 1. The molecule has 0 saturated heterocycles. The van der Waals surface area contributed by atoms with E-state index in [-0.39, 0.29) is 16.8 Å². The van der Waals surface area contributed by atoms with Gasteiger partial charge in [0.15, 0.2) is 5.13 Å². The molecule has 0 aliphatic carbocycles. The van der Waals surface area contributed by atoms with Crippen molar-refractivity contribution in [2.45, 2.75) is 13.8 Å². The van der Waals surface area contributed by atoms with Crippen LogP contribution in [-0.2, 0) is 0 Å². The van der Waals surface area contributed by atoms with Gasteiger partial charge < -0.3 is 4.90 Å². The summed E-state index contributed by atoms with van der Waals surface area (Å²) in [5.41, 5.74) is 0.251. The van der Waals surface area contributed by atoms with E-state index in [2.05, 4.69) is 9.88 Å². The van der Waals surface area contributed by atoms with Crippen LogP contribution in [0.3, 0.4) is 0 Å². The standard InChI is InChI=1S/C20H21FN4O3S/c1-3-23(4-2)11-12-24(19(26)14-7-5-8-15(13-14)25(27)28)20-22-18-16(21)9-6-10-17(18)29-20/h5-10,13H,3-4,11-12H2,1-2H3. The van der Waals surface area contributed by atoms with Gasteiger partial charge in [0.1, 0.15) is 11.3 Å². The molecular formula is C20H21FN4O3S. The van der Waals surface area contributed by atoms with Crippen molar-refractivity contribution in [1.29, 1.82) is 0 Å². The van der Waals surface area contributed by atoms with Crippen molar-refractivity contribution in [3.05, 3.63) is 64.0 Å². The number of halogens is 1. The van der Waals surface area contributed by atoms with Crippen LogP contribution in [0, 0.1) is 15.9 Å². The van der Waals surface area contributed by atoms with E-state index in [1.165, 1.54) is 46.6 Å². The lowest BCUT2D eigenvalue weighted by atomic mass is 10.2. The second-order valence-electron chi connectivity index (χ2n) is 6.37. The molecule has 3 rings (SSSR count). The van der Waals surface area contributed by atoms with E-state index < -0.39 is 16.6 Å². The van der Waals surface area contributed by atoms with E-state index in [0.29, 0.717) is 22.9 Å². The van der Waals surface area contributed by atoms with Crippen molar-refractivity contribution in [3.63, 3.8) is 0 Å². The number of benzene rings is 2. The molecular weight excluding hydrogens is 395 g/mol. The summed E-state index contributed by atoms with van der Waals surface area (Å²) in [4.78, 5) is 31.7. The Labute approximate surface area is 171 Å². The second kappa shape index (κ2) is 9.06. The summed E-state index contributed by atoms with van der Waals surface area (Å²) in [6, 6.07) is 10.3. The van der Waals surface area contributed by atoms with Crippen LogP contribution in [0.2, 0.25) is 0 Å². The number of thiazole rings is 1. The van der Waals surface area contributed by atoms with Gasteiger partial charge in [0, 0.05) is 30.8 Å². The highest BCUT2D eigenvalue weighted by Gasteiger charge is 2.24. The third kappa shape index (κ3) is 4.57. The van der Waals surface area contributed by atoms with Gasteiger partial charge in [-0.1, -0.05) is 37.3 Å². The summed E-state index contributed by atoms with van der Waals surface area (Å²) >= 11 is 1.22. The molecule has 3 aromatic rings. The number of non-ortho nitro benzene ring substituents is 1. The van der Waals surface area contributed by atoms with Gasteiger partial charge in [-0.15, -0.1) is 0 Å². The Morgan fingerprint density at radius 3 is 2.55 bits per heavy atom. The maximum Gasteiger partial charge on any atom is 0.270 e. The SMILES string of the molecule is CCN(CC)CCN(C(=O)c1cccc([N+](=O)[O-])c1)c1nc2c(F)cccc2s1. The molecule has 7 nitrogen and oxygen atoms in total. The van der Waals surface area contributed by atoms with Gasteiger partial charge in [0.2, 0.25) is 0 Å². The maximum atomic E-state index is 14.1. The molecule has 0 atom stereocenters. The van der Waals surface area contributed by atoms with Crippen LogP contribution in [0.5, 0.6) is 0 Å². The van der Waals surface area contributed by atoms with Crippen molar-refractivity contribution in [2.24, 2.45) is 0 Å². The van der Waals surface area contributed by atoms with Crippen molar-refractivity contribution in [3.8, 4) is 0 Å². The van der Waals surface area contributed by atoms with Crippen LogP contribution >= 0.6 is 11.3 Å². The van der Waals surface area contributed by atoms with Crippen LogP contribution in [0.25, 0.3) is 10.2 Å². The summed E-state index contributed by atoms with van der Waals surface area (Å²) in [5, 5.41) is 11.5. The first-order valence-electron chi connectivity index (χ1n) is 9.28. The molecule has 0 spiro atoms. The average Bonchev–Trinajstić information content (AvgIpc) is 3.16. The average molecular weight is 416 g/mol. The number of fused-ring (bicyclic) bond motifs is 1. The predicted octanol–water partition coefficient (Wildman–Crippen LogP) is 4.33. The van der Waals surface area contributed by atoms with Gasteiger partial charge in [-0.25, -0.2) is 9.37 Å². The monoisotopic (exact) mass is 416 g/mol. The quantitative estimate of drug-likeness (QED) is 0.403. The second-order valence-corrected chi connectivity index (χ2v) is 7.38. The minimum atomic E-state index is -0.538. The molecule has 0 unspecified atom stereocenters. The number of nitrogens with zero attached hydrogens (tertiary/aromatic N) is 4.